The highest BCUT2D eigenvalue weighted by Gasteiger charge is 2.14. The fourth-order valence-electron chi connectivity index (χ4n) is 0.587. The SMILES string of the molecule is N=CNC1C[CH]C1. The molecule has 0 unspecified atom stereocenters. The van der Waals surface area contributed by atoms with Crippen LogP contribution in [-0.2, 0) is 0 Å². The van der Waals surface area contributed by atoms with Gasteiger partial charge in [0, 0.05) is 6.04 Å². The van der Waals surface area contributed by atoms with E-state index in [-0.39, 0.29) is 0 Å². The zero-order valence-electron chi connectivity index (χ0n) is 4.15. The molecule has 0 saturated heterocycles. The van der Waals surface area contributed by atoms with E-state index in [1.807, 2.05) is 0 Å². The average molecular weight is 97.1 g/mol. The molecule has 2 heteroatoms. The van der Waals surface area contributed by atoms with Crippen molar-refractivity contribution >= 4 is 6.34 Å². The van der Waals surface area contributed by atoms with Crippen molar-refractivity contribution in [1.82, 2.24) is 5.32 Å². The molecule has 1 aliphatic carbocycles. The molecule has 0 heterocycles. The number of rotatable bonds is 2. The molecule has 2 N–H and O–H groups in total. The third-order valence-electron chi connectivity index (χ3n) is 1.22. The Hall–Kier alpha value is -0.530. The van der Waals surface area contributed by atoms with Gasteiger partial charge in [-0.25, -0.2) is 0 Å². The Balaban J connectivity index is 2.03. The van der Waals surface area contributed by atoms with E-state index >= 15 is 0 Å². The lowest BCUT2D eigenvalue weighted by atomic mass is 9.94. The highest BCUT2D eigenvalue weighted by molar-refractivity contribution is 5.50. The monoisotopic (exact) mass is 97.1 g/mol. The van der Waals surface area contributed by atoms with Gasteiger partial charge in [-0.3, -0.25) is 5.41 Å². The number of hydrogen-bond donors (Lipinski definition) is 2. The molecule has 39 valence electrons. The maximum absolute atomic E-state index is 6.62. The first kappa shape index (κ1) is 4.62. The average Bonchev–Trinajstić information content (AvgIpc) is 1.55. The fraction of sp³-hybridized carbons (Fsp3) is 0.600. The van der Waals surface area contributed by atoms with Crippen LogP contribution in [0.15, 0.2) is 0 Å². The second-order valence-electron chi connectivity index (χ2n) is 1.77. The van der Waals surface area contributed by atoms with E-state index in [2.05, 4.69) is 11.7 Å². The van der Waals surface area contributed by atoms with E-state index in [1.54, 1.807) is 0 Å². The van der Waals surface area contributed by atoms with Crippen LogP contribution in [-0.4, -0.2) is 12.4 Å². The Morgan fingerprint density at radius 1 is 1.71 bits per heavy atom. The van der Waals surface area contributed by atoms with Gasteiger partial charge in [0.05, 0.1) is 6.34 Å². The predicted octanol–water partition coefficient (Wildman–Crippen LogP) is 0.550. The number of hydrogen-bond acceptors (Lipinski definition) is 1. The zero-order chi connectivity index (χ0) is 5.11. The van der Waals surface area contributed by atoms with E-state index < -0.39 is 0 Å². The van der Waals surface area contributed by atoms with Crippen LogP contribution in [0.5, 0.6) is 0 Å². The van der Waals surface area contributed by atoms with E-state index in [9.17, 15) is 0 Å². The van der Waals surface area contributed by atoms with E-state index in [4.69, 9.17) is 5.41 Å². The summed E-state index contributed by atoms with van der Waals surface area (Å²) < 4.78 is 0. The lowest BCUT2D eigenvalue weighted by Gasteiger charge is -2.24. The molecular formula is C5H9N2. The van der Waals surface area contributed by atoms with Crippen LogP contribution in [0.2, 0.25) is 0 Å². The van der Waals surface area contributed by atoms with Crippen molar-refractivity contribution in [2.75, 3.05) is 0 Å². The van der Waals surface area contributed by atoms with Crippen LogP contribution in [0, 0.1) is 11.8 Å². The summed E-state index contributed by atoms with van der Waals surface area (Å²) in [6.07, 6.45) is 5.74. The Kier molecular flexibility index (Phi) is 1.29. The Labute approximate surface area is 43.4 Å². The summed E-state index contributed by atoms with van der Waals surface area (Å²) in [5, 5.41) is 9.51. The minimum Gasteiger partial charge on any atom is -0.374 e. The van der Waals surface area contributed by atoms with E-state index in [1.165, 1.54) is 6.34 Å². The second kappa shape index (κ2) is 1.96. The van der Waals surface area contributed by atoms with E-state index in [0.717, 1.165) is 12.8 Å². The van der Waals surface area contributed by atoms with Crippen LogP contribution in [0.25, 0.3) is 0 Å². The normalized spacial score (nSPS) is 20.6. The molecule has 1 radical (unpaired) electrons. The van der Waals surface area contributed by atoms with Crippen LogP contribution in [0.3, 0.4) is 0 Å². The molecular weight excluding hydrogens is 88.1 g/mol. The maximum atomic E-state index is 6.62. The molecule has 1 saturated carbocycles. The second-order valence-corrected chi connectivity index (χ2v) is 1.77. The number of nitrogens with one attached hydrogen (secondary N) is 2. The van der Waals surface area contributed by atoms with Crippen molar-refractivity contribution in [1.29, 1.82) is 5.41 Å². The summed E-state index contributed by atoms with van der Waals surface area (Å²) in [7, 11) is 0. The van der Waals surface area contributed by atoms with Crippen molar-refractivity contribution in [3.05, 3.63) is 6.42 Å². The summed E-state index contributed by atoms with van der Waals surface area (Å²) in [6.45, 7) is 0. The smallest absolute Gasteiger partial charge is 0.0793 e. The highest BCUT2D eigenvalue weighted by Crippen LogP contribution is 2.15. The van der Waals surface area contributed by atoms with Crippen molar-refractivity contribution < 1.29 is 0 Å². The first-order chi connectivity index (χ1) is 3.43. The Bertz CT molecular complexity index is 66.5. The van der Waals surface area contributed by atoms with Gasteiger partial charge in [-0.2, -0.15) is 0 Å². The van der Waals surface area contributed by atoms with Crippen LogP contribution >= 0.6 is 0 Å². The lowest BCUT2D eigenvalue weighted by Crippen LogP contribution is -2.33. The first-order valence-corrected chi connectivity index (χ1v) is 2.50. The standard InChI is InChI=1S/C5H9N2/c6-4-7-5-2-1-3-5/h1,4-5H,2-3H2,(H2,6,7). The molecule has 1 fully saturated rings. The van der Waals surface area contributed by atoms with Gasteiger partial charge in [0.15, 0.2) is 0 Å². The van der Waals surface area contributed by atoms with Gasteiger partial charge in [-0.1, -0.05) is 0 Å². The van der Waals surface area contributed by atoms with Crippen molar-refractivity contribution in [3.8, 4) is 0 Å². The summed E-state index contributed by atoms with van der Waals surface area (Å²) in [5.41, 5.74) is 0. The van der Waals surface area contributed by atoms with Gasteiger partial charge >= 0.3 is 0 Å². The van der Waals surface area contributed by atoms with Crippen molar-refractivity contribution in [3.63, 3.8) is 0 Å². The molecule has 0 aromatic carbocycles. The first-order valence-electron chi connectivity index (χ1n) is 2.50. The molecule has 0 aromatic rings. The van der Waals surface area contributed by atoms with Crippen LogP contribution in [0.1, 0.15) is 12.8 Å². The quantitative estimate of drug-likeness (QED) is 0.383. The Morgan fingerprint density at radius 2 is 2.43 bits per heavy atom. The Morgan fingerprint density at radius 3 is 2.57 bits per heavy atom. The van der Waals surface area contributed by atoms with Gasteiger partial charge < -0.3 is 5.32 Å². The zero-order valence-corrected chi connectivity index (χ0v) is 4.15. The van der Waals surface area contributed by atoms with Gasteiger partial charge in [0.2, 0.25) is 0 Å². The van der Waals surface area contributed by atoms with E-state index in [0.29, 0.717) is 6.04 Å². The third-order valence-corrected chi connectivity index (χ3v) is 1.22. The summed E-state index contributed by atoms with van der Waals surface area (Å²) in [4.78, 5) is 0. The van der Waals surface area contributed by atoms with Crippen LogP contribution in [0.4, 0.5) is 0 Å². The molecule has 1 rings (SSSR count). The molecule has 0 amide bonds. The molecule has 7 heavy (non-hydrogen) atoms. The summed E-state index contributed by atoms with van der Waals surface area (Å²) in [6, 6.07) is 0.581. The fourth-order valence-corrected chi connectivity index (χ4v) is 0.587. The largest absolute Gasteiger partial charge is 0.374 e. The minimum absolute atomic E-state index is 0.581. The van der Waals surface area contributed by atoms with Gasteiger partial charge in [-0.15, -0.1) is 0 Å². The van der Waals surface area contributed by atoms with Gasteiger partial charge in [0.1, 0.15) is 0 Å². The maximum Gasteiger partial charge on any atom is 0.0793 e. The summed E-state index contributed by atoms with van der Waals surface area (Å²) >= 11 is 0. The minimum atomic E-state index is 0.581. The highest BCUT2D eigenvalue weighted by atomic mass is 14.9. The molecule has 2 nitrogen and oxygen atoms in total. The summed E-state index contributed by atoms with van der Waals surface area (Å²) in [5.74, 6) is 0. The van der Waals surface area contributed by atoms with Crippen molar-refractivity contribution in [2.24, 2.45) is 0 Å². The lowest BCUT2D eigenvalue weighted by molar-refractivity contribution is 0.489. The molecule has 0 spiro atoms. The van der Waals surface area contributed by atoms with Gasteiger partial charge in [-0.05, 0) is 19.3 Å². The molecule has 0 aliphatic heterocycles. The van der Waals surface area contributed by atoms with Gasteiger partial charge in [0.25, 0.3) is 0 Å². The van der Waals surface area contributed by atoms with Crippen molar-refractivity contribution in [2.45, 2.75) is 18.9 Å². The molecule has 0 atom stereocenters. The molecule has 0 bridgehead atoms. The third kappa shape index (κ3) is 0.918. The predicted molar refractivity (Wildman–Crippen MR) is 29.2 cm³/mol. The van der Waals surface area contributed by atoms with Crippen LogP contribution < -0.4 is 5.32 Å². The molecule has 1 aliphatic rings. The molecule has 0 aromatic heterocycles. The topological polar surface area (TPSA) is 35.9 Å².